The quantitative estimate of drug-likeness (QED) is 0.0222. The Labute approximate surface area is 568 Å². The highest BCUT2D eigenvalue weighted by Crippen LogP contribution is 2.45. The van der Waals surface area contributed by atoms with E-state index in [1.807, 2.05) is 0 Å². The van der Waals surface area contributed by atoms with Gasteiger partial charge in [0.15, 0.2) is 12.2 Å². The average Bonchev–Trinajstić information content (AvgIpc) is 2.78. The van der Waals surface area contributed by atoms with Gasteiger partial charge in [0, 0.05) is 25.7 Å². The van der Waals surface area contributed by atoms with Gasteiger partial charge in [-0.1, -0.05) is 330 Å². The van der Waals surface area contributed by atoms with Crippen LogP contribution >= 0.6 is 15.6 Å². The number of esters is 4. The molecule has 0 spiro atoms. The van der Waals surface area contributed by atoms with E-state index in [-0.39, 0.29) is 25.7 Å². The Balaban J connectivity index is 5.23. The van der Waals surface area contributed by atoms with E-state index in [1.54, 1.807) is 0 Å². The minimum atomic E-state index is -4.95. The summed E-state index contributed by atoms with van der Waals surface area (Å²) in [4.78, 5) is 72.7. The number of ether oxygens (including phenoxy) is 4. The molecule has 0 aliphatic heterocycles. The van der Waals surface area contributed by atoms with E-state index in [2.05, 4.69) is 41.5 Å². The fourth-order valence-corrected chi connectivity index (χ4v) is 12.9. The molecule has 0 fully saturated rings. The van der Waals surface area contributed by atoms with E-state index in [9.17, 15) is 43.2 Å². The molecule has 5 atom stereocenters. The van der Waals surface area contributed by atoms with Crippen LogP contribution in [-0.2, 0) is 65.4 Å². The summed E-state index contributed by atoms with van der Waals surface area (Å²) in [6.07, 6.45) is 52.7. The van der Waals surface area contributed by atoms with E-state index in [1.165, 1.54) is 193 Å². The van der Waals surface area contributed by atoms with Gasteiger partial charge in [0.2, 0.25) is 0 Å². The maximum absolute atomic E-state index is 13.1. The van der Waals surface area contributed by atoms with Gasteiger partial charge in [-0.15, -0.1) is 0 Å². The zero-order chi connectivity index (χ0) is 68.6. The highest BCUT2D eigenvalue weighted by molar-refractivity contribution is 7.47. The monoisotopic (exact) mass is 1370 g/mol. The van der Waals surface area contributed by atoms with Gasteiger partial charge in [0.05, 0.1) is 26.4 Å². The molecule has 0 aromatic carbocycles. The lowest BCUT2D eigenvalue weighted by Crippen LogP contribution is -2.30. The summed E-state index contributed by atoms with van der Waals surface area (Å²) >= 11 is 0. The standard InChI is InChI=1S/C74H144O17P2/c1-7-9-11-13-15-17-19-24-29-32-38-44-50-56-71(76)84-62-69(90-74(79)59-53-47-40-34-30-26-23-21-22-25-27-31-36-42-48-54-66(3)4)64-88-92(80,81)86-60-68(75)61-87-93(82,83)89-65-70(63-85-72(77)57-51-45-41-35-37-43-49-55-67(5)6)91-73(78)58-52-46-39-33-28-20-18-16-14-12-10-8-2/h66-70,75H,7-65H2,1-6H3,(H,80,81)(H,82,83)/t68-,69-,70-/m1/s1. The summed E-state index contributed by atoms with van der Waals surface area (Å²) in [6, 6.07) is 0. The van der Waals surface area contributed by atoms with E-state index in [0.29, 0.717) is 31.6 Å². The molecule has 17 nitrogen and oxygen atoms in total. The molecule has 0 aromatic heterocycles. The lowest BCUT2D eigenvalue weighted by molar-refractivity contribution is -0.161. The Kier molecular flexibility index (Phi) is 64.6. The number of unbranched alkanes of at least 4 members (excludes halogenated alkanes) is 43. The fraction of sp³-hybridized carbons (Fsp3) is 0.946. The molecule has 0 aliphatic carbocycles. The molecule has 552 valence electrons. The van der Waals surface area contributed by atoms with Crippen LogP contribution in [0.15, 0.2) is 0 Å². The van der Waals surface area contributed by atoms with Crippen molar-refractivity contribution in [3.63, 3.8) is 0 Å². The molecule has 0 saturated heterocycles. The largest absolute Gasteiger partial charge is 0.472 e. The van der Waals surface area contributed by atoms with Crippen LogP contribution in [-0.4, -0.2) is 96.7 Å². The molecule has 0 aromatic rings. The van der Waals surface area contributed by atoms with Crippen molar-refractivity contribution in [1.82, 2.24) is 0 Å². The Morgan fingerprint density at radius 1 is 0.290 bits per heavy atom. The summed E-state index contributed by atoms with van der Waals surface area (Å²) in [7, 11) is -9.91. The fourth-order valence-electron chi connectivity index (χ4n) is 11.3. The van der Waals surface area contributed by atoms with Crippen LogP contribution in [0.3, 0.4) is 0 Å². The molecule has 0 rings (SSSR count). The molecule has 0 amide bonds. The summed E-state index contributed by atoms with van der Waals surface area (Å²) < 4.78 is 68.4. The molecule has 0 aliphatic rings. The number of hydrogen-bond donors (Lipinski definition) is 3. The van der Waals surface area contributed by atoms with Crippen LogP contribution in [0, 0.1) is 11.8 Å². The first-order chi connectivity index (χ1) is 44.9. The summed E-state index contributed by atoms with van der Waals surface area (Å²) in [6.45, 7) is 9.55. The predicted molar refractivity (Wildman–Crippen MR) is 377 cm³/mol. The Hall–Kier alpha value is -1.94. The Morgan fingerprint density at radius 3 is 0.731 bits per heavy atom. The third-order valence-corrected chi connectivity index (χ3v) is 19.1. The maximum Gasteiger partial charge on any atom is 0.472 e. The molecule has 19 heteroatoms. The molecular formula is C74H144O17P2. The summed E-state index contributed by atoms with van der Waals surface area (Å²) in [5.41, 5.74) is 0. The van der Waals surface area contributed by atoms with E-state index in [0.717, 1.165) is 102 Å². The third-order valence-electron chi connectivity index (χ3n) is 17.2. The first-order valence-corrected chi connectivity index (χ1v) is 41.5. The first kappa shape index (κ1) is 91.1. The maximum atomic E-state index is 13.1. The van der Waals surface area contributed by atoms with Crippen LogP contribution in [0.4, 0.5) is 0 Å². The van der Waals surface area contributed by atoms with Crippen LogP contribution in [0.25, 0.3) is 0 Å². The van der Waals surface area contributed by atoms with Crippen LogP contribution < -0.4 is 0 Å². The van der Waals surface area contributed by atoms with E-state index >= 15 is 0 Å². The van der Waals surface area contributed by atoms with Crippen molar-refractivity contribution < 1.29 is 80.2 Å². The summed E-state index contributed by atoms with van der Waals surface area (Å²) in [5, 5.41) is 10.6. The Morgan fingerprint density at radius 2 is 0.495 bits per heavy atom. The number of carbonyl (C=O) groups excluding carboxylic acids is 4. The molecule has 3 N–H and O–H groups in total. The highest BCUT2D eigenvalue weighted by atomic mass is 31.2. The summed E-state index contributed by atoms with van der Waals surface area (Å²) in [5.74, 6) is -0.609. The van der Waals surface area contributed by atoms with Gasteiger partial charge >= 0.3 is 39.5 Å². The van der Waals surface area contributed by atoms with Crippen molar-refractivity contribution in [2.45, 2.75) is 400 Å². The zero-order valence-corrected chi connectivity index (χ0v) is 62.3. The van der Waals surface area contributed by atoms with Crippen molar-refractivity contribution in [2.24, 2.45) is 11.8 Å². The topological polar surface area (TPSA) is 237 Å². The lowest BCUT2D eigenvalue weighted by Gasteiger charge is -2.21. The van der Waals surface area contributed by atoms with Gasteiger partial charge in [0.25, 0.3) is 0 Å². The van der Waals surface area contributed by atoms with Crippen LogP contribution in [0.1, 0.15) is 382 Å². The third kappa shape index (κ3) is 68.4. The van der Waals surface area contributed by atoms with Crippen molar-refractivity contribution in [3.8, 4) is 0 Å². The number of phosphoric ester groups is 2. The number of hydrogen-bond acceptors (Lipinski definition) is 15. The first-order valence-electron chi connectivity index (χ1n) is 38.5. The van der Waals surface area contributed by atoms with Gasteiger partial charge in [-0.25, -0.2) is 9.13 Å². The molecule has 2 unspecified atom stereocenters. The lowest BCUT2D eigenvalue weighted by atomic mass is 10.0. The molecular weight excluding hydrogens is 1220 g/mol. The Bertz CT molecular complexity index is 1800. The highest BCUT2D eigenvalue weighted by Gasteiger charge is 2.30. The van der Waals surface area contributed by atoms with Gasteiger partial charge in [0.1, 0.15) is 19.3 Å². The van der Waals surface area contributed by atoms with Gasteiger partial charge in [-0.3, -0.25) is 37.3 Å². The van der Waals surface area contributed by atoms with Gasteiger partial charge < -0.3 is 33.8 Å². The van der Waals surface area contributed by atoms with Crippen molar-refractivity contribution in [1.29, 1.82) is 0 Å². The van der Waals surface area contributed by atoms with Crippen molar-refractivity contribution in [3.05, 3.63) is 0 Å². The van der Waals surface area contributed by atoms with E-state index < -0.39 is 97.5 Å². The number of rotatable bonds is 73. The molecule has 0 bridgehead atoms. The second-order valence-electron chi connectivity index (χ2n) is 27.6. The molecule has 0 saturated carbocycles. The number of phosphoric acid groups is 2. The zero-order valence-electron chi connectivity index (χ0n) is 60.6. The van der Waals surface area contributed by atoms with Crippen LogP contribution in [0.2, 0.25) is 0 Å². The minimum Gasteiger partial charge on any atom is -0.462 e. The minimum absolute atomic E-state index is 0.107. The van der Waals surface area contributed by atoms with E-state index in [4.69, 9.17) is 37.0 Å². The van der Waals surface area contributed by atoms with Gasteiger partial charge in [-0.2, -0.15) is 0 Å². The molecule has 0 radical (unpaired) electrons. The second-order valence-corrected chi connectivity index (χ2v) is 30.5. The predicted octanol–water partition coefficient (Wildman–Crippen LogP) is 21.6. The second kappa shape index (κ2) is 66.0. The molecule has 0 heterocycles. The average molecular weight is 1370 g/mol. The van der Waals surface area contributed by atoms with Crippen molar-refractivity contribution >= 4 is 39.5 Å². The van der Waals surface area contributed by atoms with Gasteiger partial charge in [-0.05, 0) is 37.5 Å². The van der Waals surface area contributed by atoms with Crippen molar-refractivity contribution in [2.75, 3.05) is 39.6 Å². The normalized spacial score (nSPS) is 14.1. The molecule has 93 heavy (non-hydrogen) atoms. The smallest absolute Gasteiger partial charge is 0.462 e. The van der Waals surface area contributed by atoms with Crippen LogP contribution in [0.5, 0.6) is 0 Å². The number of aliphatic hydroxyl groups excluding tert-OH is 1. The number of carbonyl (C=O) groups is 4. The SMILES string of the molecule is CCCCCCCCCCCCCCCC(=O)OC[C@H](COP(=O)(O)OC[C@@H](O)COP(=O)(O)OC[C@@H](COC(=O)CCCCCCCCCC(C)C)OC(=O)CCCCCCCCCCCCCC)OC(=O)CCCCCCCCCCCCCCCCCC(C)C. The number of aliphatic hydroxyl groups is 1.